The van der Waals surface area contributed by atoms with E-state index < -0.39 is 22.0 Å². The lowest BCUT2D eigenvalue weighted by Gasteiger charge is -2.34. The minimum atomic E-state index is -4.69. The van der Waals surface area contributed by atoms with E-state index in [1.807, 2.05) is 0 Å². The molecule has 1 N–H and O–H groups in total. The van der Waals surface area contributed by atoms with Gasteiger partial charge in [0.15, 0.2) is 0 Å². The molecule has 3 heterocycles. The molecule has 32 heavy (non-hydrogen) atoms. The molecule has 0 saturated carbocycles. The van der Waals surface area contributed by atoms with Gasteiger partial charge < -0.3 is 9.84 Å². The summed E-state index contributed by atoms with van der Waals surface area (Å²) in [6.45, 7) is 3.53. The van der Waals surface area contributed by atoms with Crippen LogP contribution in [-0.2, 0) is 21.0 Å². The van der Waals surface area contributed by atoms with Gasteiger partial charge >= 0.3 is 6.18 Å². The molecular formula is C20H16F3N3O4S2. The zero-order valence-electron chi connectivity index (χ0n) is 16.3. The minimum absolute atomic E-state index is 0.0487. The average Bonchev–Trinajstić information content (AvgIpc) is 3.43. The highest BCUT2D eigenvalue weighted by Crippen LogP contribution is 2.40. The number of nitrogens with one attached hydrogen (secondary N) is 1. The van der Waals surface area contributed by atoms with E-state index in [9.17, 15) is 26.4 Å². The number of aromatic nitrogens is 1. The van der Waals surface area contributed by atoms with E-state index in [0.29, 0.717) is 17.7 Å². The number of carbonyl (C=O) groups is 1. The van der Waals surface area contributed by atoms with E-state index >= 15 is 0 Å². The fraction of sp³-hybridized carbons (Fsp3) is 0.200. The van der Waals surface area contributed by atoms with Crippen molar-refractivity contribution in [2.75, 3.05) is 10.8 Å². The van der Waals surface area contributed by atoms with Gasteiger partial charge in [0.2, 0.25) is 11.7 Å². The minimum Gasteiger partial charge on any atom is -0.351 e. The van der Waals surface area contributed by atoms with Crippen molar-refractivity contribution in [3.8, 4) is 10.6 Å². The molecule has 3 aromatic rings. The van der Waals surface area contributed by atoms with Crippen LogP contribution < -0.4 is 9.62 Å². The van der Waals surface area contributed by atoms with Crippen LogP contribution in [0.15, 0.2) is 63.9 Å². The molecule has 1 aliphatic heterocycles. The molecule has 12 heteroatoms. The number of fused-ring (bicyclic) bond motifs is 1. The fourth-order valence-electron chi connectivity index (χ4n) is 3.39. The molecule has 0 aliphatic carbocycles. The van der Waals surface area contributed by atoms with Crippen LogP contribution in [0.2, 0.25) is 0 Å². The molecule has 4 rings (SSSR count). The first-order valence-corrected chi connectivity index (χ1v) is 11.6. The van der Waals surface area contributed by atoms with Crippen molar-refractivity contribution in [1.29, 1.82) is 0 Å². The van der Waals surface area contributed by atoms with Gasteiger partial charge in [-0.15, -0.1) is 11.3 Å². The first-order chi connectivity index (χ1) is 15.1. The number of nitrogens with zero attached hydrogens (tertiary/aromatic N) is 2. The van der Waals surface area contributed by atoms with Gasteiger partial charge in [-0.25, -0.2) is 8.42 Å². The zero-order valence-corrected chi connectivity index (χ0v) is 17.9. The second kappa shape index (κ2) is 8.10. The summed E-state index contributed by atoms with van der Waals surface area (Å²) in [5.74, 6) is -1.63. The first kappa shape index (κ1) is 22.1. The maximum absolute atomic E-state index is 13.4. The van der Waals surface area contributed by atoms with Gasteiger partial charge in [-0.2, -0.15) is 13.2 Å². The summed E-state index contributed by atoms with van der Waals surface area (Å²) in [5, 5.41) is 6.19. The number of anilines is 1. The predicted molar refractivity (Wildman–Crippen MR) is 111 cm³/mol. The van der Waals surface area contributed by atoms with Crippen molar-refractivity contribution < 1.29 is 30.9 Å². The Morgan fingerprint density at radius 1 is 1.28 bits per heavy atom. The maximum atomic E-state index is 13.4. The van der Waals surface area contributed by atoms with Crippen LogP contribution in [0.1, 0.15) is 23.8 Å². The van der Waals surface area contributed by atoms with Crippen molar-refractivity contribution in [1.82, 2.24) is 10.5 Å². The summed E-state index contributed by atoms with van der Waals surface area (Å²) in [6.07, 6.45) is -3.20. The summed E-state index contributed by atoms with van der Waals surface area (Å²) in [7, 11) is -4.00. The molecule has 1 atom stereocenters. The number of benzene rings is 1. The van der Waals surface area contributed by atoms with E-state index in [2.05, 4.69) is 21.6 Å². The molecule has 1 aromatic carbocycles. The van der Waals surface area contributed by atoms with Crippen LogP contribution in [0.5, 0.6) is 0 Å². The molecule has 168 valence electrons. The fourth-order valence-corrected chi connectivity index (χ4v) is 6.27. The van der Waals surface area contributed by atoms with E-state index in [1.54, 1.807) is 24.3 Å². The number of carbonyl (C=O) groups excluding carboxylic acids is 1. The Morgan fingerprint density at radius 3 is 2.72 bits per heavy atom. The number of alkyl halides is 3. The number of rotatable bonds is 5. The molecular weight excluding hydrogens is 467 g/mol. The number of hydrogen-bond donors (Lipinski definition) is 1. The summed E-state index contributed by atoms with van der Waals surface area (Å²) in [6, 6.07) is 9.87. The topological polar surface area (TPSA) is 92.5 Å². The Bertz CT molecular complexity index is 1280. The van der Waals surface area contributed by atoms with E-state index in [4.69, 9.17) is 0 Å². The summed E-state index contributed by atoms with van der Waals surface area (Å²) in [4.78, 5) is 12.0. The second-order valence-corrected chi connectivity index (χ2v) is 10.1. The van der Waals surface area contributed by atoms with Crippen molar-refractivity contribution in [2.24, 2.45) is 0 Å². The van der Waals surface area contributed by atoms with E-state index in [1.165, 1.54) is 16.4 Å². The van der Waals surface area contributed by atoms with Gasteiger partial charge in [0, 0.05) is 12.6 Å². The number of halogens is 3. The largest absolute Gasteiger partial charge is 0.452 e. The SMILES string of the molecule is C=CC(=O)NC1CCN(S(=O)(=O)c2ccc(-c3cc(C(F)(F)F)on3)s2)c2ccccc21. The molecule has 0 spiro atoms. The normalized spacial score (nSPS) is 16.5. The number of thiophene rings is 1. The lowest BCUT2D eigenvalue weighted by Crippen LogP contribution is -2.40. The van der Waals surface area contributed by atoms with Crippen LogP contribution in [0.4, 0.5) is 18.9 Å². The third-order valence-corrected chi connectivity index (χ3v) is 8.26. The summed E-state index contributed by atoms with van der Waals surface area (Å²) < 4.78 is 70.5. The maximum Gasteiger partial charge on any atom is 0.452 e. The highest BCUT2D eigenvalue weighted by Gasteiger charge is 2.37. The van der Waals surface area contributed by atoms with Gasteiger partial charge in [-0.1, -0.05) is 29.9 Å². The zero-order chi connectivity index (χ0) is 23.1. The average molecular weight is 483 g/mol. The molecule has 7 nitrogen and oxygen atoms in total. The molecule has 0 bridgehead atoms. The Morgan fingerprint density at radius 2 is 2.03 bits per heavy atom. The van der Waals surface area contributed by atoms with Crippen LogP contribution >= 0.6 is 11.3 Å². The molecule has 0 fully saturated rings. The van der Waals surface area contributed by atoms with Crippen LogP contribution in [0, 0.1) is 0 Å². The monoisotopic (exact) mass is 483 g/mol. The highest BCUT2D eigenvalue weighted by atomic mass is 32.2. The quantitative estimate of drug-likeness (QED) is 0.545. The molecule has 2 aromatic heterocycles. The van der Waals surface area contributed by atoms with Crippen molar-refractivity contribution >= 4 is 33.0 Å². The van der Waals surface area contributed by atoms with Crippen LogP contribution in [-0.4, -0.2) is 26.0 Å². The lowest BCUT2D eigenvalue weighted by molar-refractivity contribution is -0.155. The molecule has 0 radical (unpaired) electrons. The molecule has 1 unspecified atom stereocenters. The van der Waals surface area contributed by atoms with Crippen LogP contribution in [0.25, 0.3) is 10.6 Å². The number of amides is 1. The van der Waals surface area contributed by atoms with Crippen molar-refractivity contribution in [2.45, 2.75) is 22.8 Å². The third kappa shape index (κ3) is 4.02. The van der Waals surface area contributed by atoms with Crippen LogP contribution in [0.3, 0.4) is 0 Å². The van der Waals surface area contributed by atoms with Gasteiger partial charge in [0.1, 0.15) is 9.90 Å². The molecule has 1 amide bonds. The first-order valence-electron chi connectivity index (χ1n) is 9.30. The van der Waals surface area contributed by atoms with Gasteiger partial charge in [0.05, 0.1) is 16.6 Å². The number of hydrogen-bond acceptors (Lipinski definition) is 6. The summed E-state index contributed by atoms with van der Waals surface area (Å²) in [5.41, 5.74) is 0.958. The van der Waals surface area contributed by atoms with Gasteiger partial charge in [0.25, 0.3) is 10.0 Å². The van der Waals surface area contributed by atoms with E-state index in [-0.39, 0.29) is 33.3 Å². The second-order valence-electron chi connectivity index (χ2n) is 6.88. The predicted octanol–water partition coefficient (Wildman–Crippen LogP) is 4.36. The van der Waals surface area contributed by atoms with Gasteiger partial charge in [-0.05, 0) is 36.3 Å². The van der Waals surface area contributed by atoms with Crippen molar-refractivity contribution in [3.63, 3.8) is 0 Å². The van der Waals surface area contributed by atoms with Gasteiger partial charge in [-0.3, -0.25) is 9.10 Å². The lowest BCUT2D eigenvalue weighted by atomic mass is 9.98. The standard InChI is InChI=1S/C20H16F3N3O4S2/c1-2-18(27)24-13-9-10-26(15-6-4-3-5-12(13)15)32(28,29)19-8-7-16(31-19)14-11-17(30-25-14)20(21,22)23/h2-8,11,13H,1,9-10H2,(H,24,27). The molecule has 0 saturated heterocycles. The Kier molecular flexibility index (Phi) is 5.59. The Balaban J connectivity index is 1.65. The number of para-hydroxylation sites is 1. The molecule has 1 aliphatic rings. The smallest absolute Gasteiger partial charge is 0.351 e. The highest BCUT2D eigenvalue weighted by molar-refractivity contribution is 7.94. The number of sulfonamides is 1. The van der Waals surface area contributed by atoms with Crippen molar-refractivity contribution in [3.05, 3.63) is 66.4 Å². The Labute approximate surface area is 185 Å². The summed E-state index contributed by atoms with van der Waals surface area (Å²) >= 11 is 0.798. The van der Waals surface area contributed by atoms with E-state index in [0.717, 1.165) is 23.5 Å². The Hall–Kier alpha value is -3.12. The third-order valence-electron chi connectivity index (χ3n) is 4.87.